The van der Waals surface area contributed by atoms with Crippen molar-refractivity contribution < 1.29 is 0 Å². The normalized spacial score (nSPS) is 47.4. The van der Waals surface area contributed by atoms with Crippen molar-refractivity contribution in [1.29, 1.82) is 0 Å². The molecule has 9 atom stereocenters. The topological polar surface area (TPSA) is 0 Å². The average molecular weight is 371 g/mol. The molecule has 0 saturated heterocycles. The lowest BCUT2D eigenvalue weighted by atomic mass is 9.75. The van der Waals surface area contributed by atoms with Crippen LogP contribution in [0.25, 0.3) is 0 Å². The van der Waals surface area contributed by atoms with Crippen LogP contribution in [0.2, 0.25) is 0 Å². The average Bonchev–Trinajstić information content (AvgIpc) is 3.38. The van der Waals surface area contributed by atoms with Gasteiger partial charge in [-0.1, -0.05) is 67.7 Å². The molecule has 0 N–H and O–H groups in total. The molecular formula is C28H34. The fourth-order valence-corrected chi connectivity index (χ4v) is 7.96. The predicted octanol–water partition coefficient (Wildman–Crippen LogP) is 7.05. The van der Waals surface area contributed by atoms with Crippen LogP contribution >= 0.6 is 0 Å². The van der Waals surface area contributed by atoms with Crippen LogP contribution < -0.4 is 0 Å². The highest BCUT2D eigenvalue weighted by molar-refractivity contribution is 5.40. The van der Waals surface area contributed by atoms with Crippen molar-refractivity contribution in [2.75, 3.05) is 0 Å². The van der Waals surface area contributed by atoms with Gasteiger partial charge >= 0.3 is 0 Å². The van der Waals surface area contributed by atoms with E-state index < -0.39 is 0 Å². The van der Waals surface area contributed by atoms with Crippen molar-refractivity contribution in [3.8, 4) is 0 Å². The first kappa shape index (κ1) is 17.3. The Morgan fingerprint density at radius 1 is 0.679 bits per heavy atom. The quantitative estimate of drug-likeness (QED) is 0.499. The fourth-order valence-electron chi connectivity index (χ4n) is 7.96. The Kier molecular flexibility index (Phi) is 4.17. The standard InChI is InChI=1S/C28H34/c1-18-15-21-16-19-7-6-8-20(19)17-28(21)22(18)13-14-27-25-11-4-2-9-23(25)24-10-3-5-12-26(24)27/h2-5,9-12,16-18,21-28H,6-8,13-15H2,1H3/t18-,21-,22-,23-,24+,25-,26+,27?,28+/m1/s1. The number of hydrogen-bond donors (Lipinski definition) is 0. The minimum absolute atomic E-state index is 0.732. The maximum absolute atomic E-state index is 2.74. The summed E-state index contributed by atoms with van der Waals surface area (Å²) in [6, 6.07) is 0. The largest absolute Gasteiger partial charge is 0.0805 e. The molecule has 0 amide bonds. The van der Waals surface area contributed by atoms with E-state index in [-0.39, 0.29) is 0 Å². The second-order valence-corrected chi connectivity index (χ2v) is 10.4. The number of rotatable bonds is 3. The Morgan fingerprint density at radius 2 is 1.25 bits per heavy atom. The van der Waals surface area contributed by atoms with Crippen LogP contribution in [0.15, 0.2) is 71.9 Å². The summed E-state index contributed by atoms with van der Waals surface area (Å²) in [5.74, 6) is 7.28. The summed E-state index contributed by atoms with van der Waals surface area (Å²) in [5.41, 5.74) is 3.44. The third-order valence-corrected chi connectivity index (χ3v) is 9.19. The summed E-state index contributed by atoms with van der Waals surface area (Å²) in [4.78, 5) is 0. The zero-order valence-electron chi connectivity index (χ0n) is 17.2. The summed E-state index contributed by atoms with van der Waals surface area (Å²) < 4.78 is 0. The molecule has 28 heavy (non-hydrogen) atoms. The molecule has 146 valence electrons. The third kappa shape index (κ3) is 2.63. The molecule has 0 heterocycles. The van der Waals surface area contributed by atoms with E-state index >= 15 is 0 Å². The highest BCUT2D eigenvalue weighted by Gasteiger charge is 2.48. The molecule has 0 heteroatoms. The molecule has 0 spiro atoms. The summed E-state index contributed by atoms with van der Waals surface area (Å²) >= 11 is 0. The molecule has 6 rings (SSSR count). The molecule has 1 unspecified atom stereocenters. The van der Waals surface area contributed by atoms with Gasteiger partial charge in [0.05, 0.1) is 0 Å². The molecule has 3 fully saturated rings. The van der Waals surface area contributed by atoms with Crippen LogP contribution in [-0.4, -0.2) is 0 Å². The molecule has 3 saturated carbocycles. The molecule has 0 bridgehead atoms. The minimum atomic E-state index is 0.732. The van der Waals surface area contributed by atoms with Gasteiger partial charge in [-0.25, -0.2) is 0 Å². The monoisotopic (exact) mass is 370 g/mol. The maximum atomic E-state index is 2.74. The van der Waals surface area contributed by atoms with Crippen molar-refractivity contribution in [3.63, 3.8) is 0 Å². The third-order valence-electron chi connectivity index (χ3n) is 9.19. The summed E-state index contributed by atoms with van der Waals surface area (Å²) in [6.07, 6.45) is 33.1. The zero-order valence-corrected chi connectivity index (χ0v) is 17.2. The lowest BCUT2D eigenvalue weighted by Crippen LogP contribution is -2.21. The highest BCUT2D eigenvalue weighted by Crippen LogP contribution is 2.55. The van der Waals surface area contributed by atoms with Crippen molar-refractivity contribution >= 4 is 0 Å². The molecule has 0 aromatic carbocycles. The van der Waals surface area contributed by atoms with Gasteiger partial charge in [0.25, 0.3) is 0 Å². The molecule has 0 radical (unpaired) electrons. The van der Waals surface area contributed by atoms with E-state index in [0.29, 0.717) is 0 Å². The van der Waals surface area contributed by atoms with Crippen molar-refractivity contribution in [2.24, 2.45) is 53.3 Å². The van der Waals surface area contributed by atoms with Crippen molar-refractivity contribution in [2.45, 2.75) is 45.4 Å². The molecule has 0 aromatic rings. The molecular weight excluding hydrogens is 336 g/mol. The highest BCUT2D eigenvalue weighted by atomic mass is 14.5. The van der Waals surface area contributed by atoms with Gasteiger partial charge in [0, 0.05) is 0 Å². The van der Waals surface area contributed by atoms with Crippen molar-refractivity contribution in [3.05, 3.63) is 71.9 Å². The van der Waals surface area contributed by atoms with Crippen LogP contribution in [0, 0.1) is 53.3 Å². The van der Waals surface area contributed by atoms with Crippen molar-refractivity contribution in [1.82, 2.24) is 0 Å². The van der Waals surface area contributed by atoms with E-state index in [1.54, 1.807) is 11.1 Å². The first-order valence-corrected chi connectivity index (χ1v) is 11.9. The number of fused-ring (bicyclic) bond motifs is 5. The van der Waals surface area contributed by atoms with Gasteiger partial charge in [0.2, 0.25) is 0 Å². The second kappa shape index (κ2) is 6.75. The van der Waals surface area contributed by atoms with Crippen LogP contribution in [-0.2, 0) is 0 Å². The van der Waals surface area contributed by atoms with E-state index in [1.165, 1.54) is 38.5 Å². The Morgan fingerprint density at radius 3 is 1.93 bits per heavy atom. The maximum Gasteiger partial charge on any atom is -0.00956 e. The molecule has 0 aromatic heterocycles. The Labute approximate surface area is 170 Å². The predicted molar refractivity (Wildman–Crippen MR) is 118 cm³/mol. The second-order valence-electron chi connectivity index (χ2n) is 10.4. The molecule has 0 aliphatic heterocycles. The van der Waals surface area contributed by atoms with Gasteiger partial charge in [-0.15, -0.1) is 0 Å². The van der Waals surface area contributed by atoms with E-state index in [1.807, 2.05) is 0 Å². The van der Waals surface area contributed by atoms with E-state index in [2.05, 4.69) is 67.7 Å². The van der Waals surface area contributed by atoms with Gasteiger partial charge in [-0.2, -0.15) is 0 Å². The Bertz CT molecular complexity index is 781. The smallest absolute Gasteiger partial charge is 0.00956 e. The lowest BCUT2D eigenvalue weighted by Gasteiger charge is -2.30. The summed E-state index contributed by atoms with van der Waals surface area (Å²) in [6.45, 7) is 2.54. The Hall–Kier alpha value is -1.56. The van der Waals surface area contributed by atoms with Gasteiger partial charge in [0.1, 0.15) is 0 Å². The summed E-state index contributed by atoms with van der Waals surface area (Å²) in [7, 11) is 0. The lowest BCUT2D eigenvalue weighted by molar-refractivity contribution is 0.264. The summed E-state index contributed by atoms with van der Waals surface area (Å²) in [5, 5.41) is 0. The number of hydrogen-bond acceptors (Lipinski definition) is 0. The van der Waals surface area contributed by atoms with E-state index in [9.17, 15) is 0 Å². The molecule has 6 aliphatic carbocycles. The number of allylic oxidation sites excluding steroid dienone is 12. The molecule has 0 nitrogen and oxygen atoms in total. The first-order chi connectivity index (χ1) is 13.8. The van der Waals surface area contributed by atoms with Gasteiger partial charge in [-0.05, 0) is 103 Å². The molecule has 6 aliphatic rings. The SMILES string of the molecule is C[C@@H]1C[C@@H]2C=C3CCCC3=C[C@@H]2[C@@H]1CCC1[C@H]2C=CC=C[C@H]2[C@H]2C=CC=C[C@@H]12. The van der Waals surface area contributed by atoms with Gasteiger partial charge < -0.3 is 0 Å². The fraction of sp³-hybridized carbons (Fsp3) is 0.571. The van der Waals surface area contributed by atoms with Crippen LogP contribution in [0.4, 0.5) is 0 Å². The van der Waals surface area contributed by atoms with Crippen LogP contribution in [0.3, 0.4) is 0 Å². The van der Waals surface area contributed by atoms with E-state index in [4.69, 9.17) is 0 Å². The Balaban J connectivity index is 1.21. The van der Waals surface area contributed by atoms with Crippen LogP contribution in [0.1, 0.15) is 45.4 Å². The van der Waals surface area contributed by atoms with E-state index in [0.717, 1.165) is 53.3 Å². The van der Waals surface area contributed by atoms with Gasteiger partial charge in [-0.3, -0.25) is 0 Å². The van der Waals surface area contributed by atoms with Gasteiger partial charge in [0.15, 0.2) is 0 Å². The zero-order chi connectivity index (χ0) is 18.7. The first-order valence-electron chi connectivity index (χ1n) is 11.9. The minimum Gasteiger partial charge on any atom is -0.0805 e. The van der Waals surface area contributed by atoms with Crippen LogP contribution in [0.5, 0.6) is 0 Å².